The zero-order valence-electron chi connectivity index (χ0n) is 51.3. The molecule has 0 aliphatic rings. The van der Waals surface area contributed by atoms with E-state index in [0.717, 1.165) is 51.4 Å². The van der Waals surface area contributed by atoms with Crippen molar-refractivity contribution < 1.29 is 24.5 Å². The summed E-state index contributed by atoms with van der Waals surface area (Å²) in [5.74, 6) is -0.0573. The molecule has 0 aromatic heterocycles. The van der Waals surface area contributed by atoms with E-state index in [1.807, 2.05) is 6.08 Å². The molecule has 3 N–H and O–H groups in total. The van der Waals surface area contributed by atoms with Gasteiger partial charge in [-0.15, -0.1) is 0 Å². The molecular formula is C70H133NO5. The number of nitrogens with one attached hydrogen (secondary N) is 1. The molecule has 6 heteroatoms. The highest BCUT2D eigenvalue weighted by molar-refractivity contribution is 5.76. The number of esters is 1. The molecule has 448 valence electrons. The van der Waals surface area contributed by atoms with Crippen molar-refractivity contribution in [2.45, 2.75) is 386 Å². The number of allylic oxidation sites excluding steroid dienone is 5. The lowest BCUT2D eigenvalue weighted by molar-refractivity contribution is -0.143. The molecule has 0 aromatic carbocycles. The Kier molecular flexibility index (Phi) is 63.9. The van der Waals surface area contributed by atoms with Crippen LogP contribution in [-0.2, 0) is 14.3 Å². The molecule has 0 aliphatic carbocycles. The Bertz CT molecular complexity index is 1230. The van der Waals surface area contributed by atoms with Crippen LogP contribution < -0.4 is 5.32 Å². The Labute approximate surface area is 474 Å². The molecule has 0 rings (SSSR count). The number of aliphatic hydroxyl groups is 2. The molecule has 0 saturated carbocycles. The minimum Gasteiger partial charge on any atom is -0.466 e. The fourth-order valence-electron chi connectivity index (χ4n) is 10.7. The Morgan fingerprint density at radius 2 is 0.684 bits per heavy atom. The lowest BCUT2D eigenvalue weighted by atomic mass is 10.0. The first kappa shape index (κ1) is 74.1. The maximum absolute atomic E-state index is 12.5. The number of amides is 1. The summed E-state index contributed by atoms with van der Waals surface area (Å²) in [5, 5.41) is 23.2. The molecule has 1 amide bonds. The smallest absolute Gasteiger partial charge is 0.305 e. The number of carbonyl (C=O) groups is 2. The highest BCUT2D eigenvalue weighted by Gasteiger charge is 2.18. The Morgan fingerprint density at radius 3 is 1.05 bits per heavy atom. The Balaban J connectivity index is 3.35. The van der Waals surface area contributed by atoms with Crippen LogP contribution in [0.5, 0.6) is 0 Å². The number of carbonyl (C=O) groups excluding carboxylic acids is 2. The first-order valence-corrected chi connectivity index (χ1v) is 34.3. The van der Waals surface area contributed by atoms with Gasteiger partial charge in [-0.3, -0.25) is 9.59 Å². The van der Waals surface area contributed by atoms with Crippen molar-refractivity contribution in [1.29, 1.82) is 0 Å². The van der Waals surface area contributed by atoms with Crippen LogP contribution in [0, 0.1) is 0 Å². The number of unbranched alkanes of at least 4 members (excludes halogenated alkanes) is 49. The van der Waals surface area contributed by atoms with Crippen LogP contribution in [0.25, 0.3) is 0 Å². The second kappa shape index (κ2) is 65.6. The van der Waals surface area contributed by atoms with Gasteiger partial charge in [0.25, 0.3) is 0 Å². The molecular weight excluding hydrogens is 935 g/mol. The van der Waals surface area contributed by atoms with Gasteiger partial charge < -0.3 is 20.3 Å². The van der Waals surface area contributed by atoms with E-state index in [1.54, 1.807) is 6.08 Å². The molecule has 2 unspecified atom stereocenters. The number of hydrogen-bond acceptors (Lipinski definition) is 5. The first-order chi connectivity index (χ1) is 37.5. The van der Waals surface area contributed by atoms with Gasteiger partial charge in [-0.05, 0) is 57.8 Å². The van der Waals surface area contributed by atoms with Crippen molar-refractivity contribution in [2.75, 3.05) is 13.2 Å². The summed E-state index contributed by atoms with van der Waals surface area (Å²) in [6.07, 6.45) is 83.6. The van der Waals surface area contributed by atoms with Gasteiger partial charge in [0.05, 0.1) is 25.4 Å². The van der Waals surface area contributed by atoms with Crippen LogP contribution >= 0.6 is 0 Å². The highest BCUT2D eigenvalue weighted by atomic mass is 16.5. The predicted molar refractivity (Wildman–Crippen MR) is 333 cm³/mol. The quantitative estimate of drug-likeness (QED) is 0.0320. The standard InChI is InChI=1S/C70H133NO5/c1-3-5-7-9-11-13-15-17-18-35-39-42-46-50-54-58-62-68(73)67(66-72)71-69(74)63-59-55-51-47-43-40-36-33-31-29-27-25-23-21-19-20-22-24-26-28-30-32-34-37-41-45-49-53-57-61-65-76-70(75)64-60-56-52-48-44-38-16-14-12-10-8-6-4-2/h8,10,14,16,58,62,67-68,72-73H,3-7,9,11-13,15,17-57,59-61,63-66H2,1-2H3,(H,71,74)/b10-8-,16-14-,62-58+. The van der Waals surface area contributed by atoms with Crippen LogP contribution in [0.15, 0.2) is 36.5 Å². The number of hydrogen-bond donors (Lipinski definition) is 3. The van der Waals surface area contributed by atoms with Crippen LogP contribution in [0.4, 0.5) is 0 Å². The van der Waals surface area contributed by atoms with E-state index in [9.17, 15) is 19.8 Å². The molecule has 0 bridgehead atoms. The van der Waals surface area contributed by atoms with Gasteiger partial charge in [0.15, 0.2) is 0 Å². The number of ether oxygens (including phenoxy) is 1. The van der Waals surface area contributed by atoms with Crippen molar-refractivity contribution >= 4 is 11.9 Å². The first-order valence-electron chi connectivity index (χ1n) is 34.3. The van der Waals surface area contributed by atoms with Crippen molar-refractivity contribution in [2.24, 2.45) is 0 Å². The van der Waals surface area contributed by atoms with E-state index in [0.29, 0.717) is 19.4 Å². The van der Waals surface area contributed by atoms with E-state index in [4.69, 9.17) is 4.74 Å². The average Bonchev–Trinajstić information content (AvgIpc) is 3.42. The summed E-state index contributed by atoms with van der Waals surface area (Å²) < 4.78 is 5.48. The monoisotopic (exact) mass is 1070 g/mol. The molecule has 0 fully saturated rings. The summed E-state index contributed by atoms with van der Waals surface area (Å²) in [7, 11) is 0. The van der Waals surface area contributed by atoms with E-state index in [-0.39, 0.29) is 18.5 Å². The summed E-state index contributed by atoms with van der Waals surface area (Å²) in [6.45, 7) is 4.86. The van der Waals surface area contributed by atoms with E-state index < -0.39 is 12.1 Å². The van der Waals surface area contributed by atoms with Gasteiger partial charge in [0.2, 0.25) is 5.91 Å². The van der Waals surface area contributed by atoms with Gasteiger partial charge in [-0.1, -0.05) is 339 Å². The summed E-state index contributed by atoms with van der Waals surface area (Å²) in [6, 6.07) is -0.625. The largest absolute Gasteiger partial charge is 0.466 e. The number of aliphatic hydroxyl groups excluding tert-OH is 2. The third kappa shape index (κ3) is 61.3. The fraction of sp³-hybridized carbons (Fsp3) is 0.886. The van der Waals surface area contributed by atoms with Gasteiger partial charge in [-0.2, -0.15) is 0 Å². The van der Waals surface area contributed by atoms with E-state index in [2.05, 4.69) is 43.5 Å². The summed E-state index contributed by atoms with van der Waals surface area (Å²) in [5.41, 5.74) is 0. The SMILES string of the molecule is CCC/C=C\C/C=C\CCCCCCCC(=O)OCCCCCCCCCCCCCCCCCCCCCCCCCCCCCCCCC(=O)NC(CO)C(O)/C=C/CCCCCCCCCCCCCCCC. The zero-order valence-corrected chi connectivity index (χ0v) is 51.3. The molecule has 0 aromatic rings. The third-order valence-electron chi connectivity index (χ3n) is 15.9. The van der Waals surface area contributed by atoms with Crippen molar-refractivity contribution in [1.82, 2.24) is 5.32 Å². The normalized spacial score (nSPS) is 12.7. The van der Waals surface area contributed by atoms with E-state index >= 15 is 0 Å². The average molecular weight is 1070 g/mol. The number of rotatable bonds is 64. The zero-order chi connectivity index (χ0) is 55.0. The topological polar surface area (TPSA) is 95.9 Å². The predicted octanol–water partition coefficient (Wildman–Crippen LogP) is 21.9. The van der Waals surface area contributed by atoms with Crippen molar-refractivity contribution in [3.8, 4) is 0 Å². The van der Waals surface area contributed by atoms with Gasteiger partial charge >= 0.3 is 5.97 Å². The maximum Gasteiger partial charge on any atom is 0.305 e. The van der Waals surface area contributed by atoms with Crippen LogP contribution in [0.1, 0.15) is 373 Å². The molecule has 0 aliphatic heterocycles. The fourth-order valence-corrected chi connectivity index (χ4v) is 10.7. The van der Waals surface area contributed by atoms with Gasteiger partial charge in [0.1, 0.15) is 0 Å². The molecule has 0 heterocycles. The molecule has 0 spiro atoms. The lowest BCUT2D eigenvalue weighted by Crippen LogP contribution is -2.45. The van der Waals surface area contributed by atoms with Gasteiger partial charge in [-0.25, -0.2) is 0 Å². The highest BCUT2D eigenvalue weighted by Crippen LogP contribution is 2.19. The lowest BCUT2D eigenvalue weighted by Gasteiger charge is -2.20. The third-order valence-corrected chi connectivity index (χ3v) is 15.9. The van der Waals surface area contributed by atoms with Crippen LogP contribution in [0.3, 0.4) is 0 Å². The van der Waals surface area contributed by atoms with E-state index in [1.165, 1.54) is 295 Å². The molecule has 2 atom stereocenters. The summed E-state index contributed by atoms with van der Waals surface area (Å²) >= 11 is 0. The minimum atomic E-state index is -0.842. The van der Waals surface area contributed by atoms with Crippen molar-refractivity contribution in [3.63, 3.8) is 0 Å². The molecule has 6 nitrogen and oxygen atoms in total. The minimum absolute atomic E-state index is 0.00454. The van der Waals surface area contributed by atoms with Gasteiger partial charge in [0, 0.05) is 12.8 Å². The maximum atomic E-state index is 12.5. The van der Waals surface area contributed by atoms with Crippen LogP contribution in [0.2, 0.25) is 0 Å². The second-order valence-electron chi connectivity index (χ2n) is 23.5. The molecule has 0 saturated heterocycles. The summed E-state index contributed by atoms with van der Waals surface area (Å²) in [4.78, 5) is 24.5. The Hall–Kier alpha value is -1.92. The second-order valence-corrected chi connectivity index (χ2v) is 23.5. The molecule has 0 radical (unpaired) electrons. The van der Waals surface area contributed by atoms with Crippen LogP contribution in [-0.4, -0.2) is 47.4 Å². The van der Waals surface area contributed by atoms with Crippen molar-refractivity contribution in [3.05, 3.63) is 36.5 Å². The Morgan fingerprint density at radius 1 is 0.368 bits per heavy atom. The molecule has 76 heavy (non-hydrogen) atoms.